The van der Waals surface area contributed by atoms with Crippen LogP contribution in [0.5, 0.6) is 11.5 Å². The Hall–Kier alpha value is -2.49. The van der Waals surface area contributed by atoms with Gasteiger partial charge in [0.2, 0.25) is 0 Å². The topological polar surface area (TPSA) is 51.0 Å². The third kappa shape index (κ3) is 3.29. The highest BCUT2D eigenvalue weighted by molar-refractivity contribution is 6.02. The minimum absolute atomic E-state index is 0.535. The molecule has 0 spiro atoms. The van der Waals surface area contributed by atoms with Gasteiger partial charge in [0.05, 0.1) is 19.9 Å². The molecule has 0 aromatic heterocycles. The lowest BCUT2D eigenvalue weighted by atomic mass is 10.0. The molecule has 0 saturated carbocycles. The van der Waals surface area contributed by atoms with Gasteiger partial charge in [0.15, 0.2) is 0 Å². The zero-order valence-electron chi connectivity index (χ0n) is 11.5. The summed E-state index contributed by atoms with van der Waals surface area (Å²) < 4.78 is 10.5. The minimum atomic E-state index is 0.535. The van der Waals surface area contributed by atoms with Crippen LogP contribution in [0.4, 0.5) is 0 Å². The summed E-state index contributed by atoms with van der Waals surface area (Å²) >= 11 is 0. The van der Waals surface area contributed by atoms with Crippen molar-refractivity contribution in [1.82, 2.24) is 0 Å². The summed E-state index contributed by atoms with van der Waals surface area (Å²) in [6, 6.07) is 15.3. The van der Waals surface area contributed by atoms with Crippen molar-refractivity contribution in [2.45, 2.75) is 6.42 Å². The second-order valence-corrected chi connectivity index (χ2v) is 4.31. The first-order chi connectivity index (χ1) is 9.76. The highest BCUT2D eigenvalue weighted by Gasteiger charge is 2.10. The normalized spacial score (nSPS) is 11.2. The Labute approximate surface area is 118 Å². The summed E-state index contributed by atoms with van der Waals surface area (Å²) in [7, 11) is 3.18. The zero-order valence-corrected chi connectivity index (χ0v) is 11.5. The number of hydrogen-bond donors (Lipinski definition) is 1. The number of ether oxygens (including phenoxy) is 2. The first-order valence-corrected chi connectivity index (χ1v) is 6.25. The van der Waals surface area contributed by atoms with Gasteiger partial charge in [-0.1, -0.05) is 35.5 Å². The van der Waals surface area contributed by atoms with E-state index in [-0.39, 0.29) is 0 Å². The van der Waals surface area contributed by atoms with Crippen LogP contribution in [0.25, 0.3) is 0 Å². The molecule has 0 radical (unpaired) electrons. The van der Waals surface area contributed by atoms with Gasteiger partial charge < -0.3 is 14.7 Å². The van der Waals surface area contributed by atoms with E-state index in [9.17, 15) is 5.21 Å². The van der Waals surface area contributed by atoms with E-state index in [0.717, 1.165) is 11.1 Å². The molecule has 2 rings (SSSR count). The van der Waals surface area contributed by atoms with Crippen LogP contribution in [-0.4, -0.2) is 25.1 Å². The quantitative estimate of drug-likeness (QED) is 0.516. The molecule has 4 nitrogen and oxygen atoms in total. The van der Waals surface area contributed by atoms with Gasteiger partial charge in [-0.25, -0.2) is 0 Å². The highest BCUT2D eigenvalue weighted by Crippen LogP contribution is 2.23. The monoisotopic (exact) mass is 271 g/mol. The van der Waals surface area contributed by atoms with Gasteiger partial charge >= 0.3 is 0 Å². The Morgan fingerprint density at radius 3 is 2.10 bits per heavy atom. The van der Waals surface area contributed by atoms with Gasteiger partial charge in [0.25, 0.3) is 0 Å². The summed E-state index contributed by atoms with van der Waals surface area (Å²) in [5, 5.41) is 12.7. The Balaban J connectivity index is 2.32. The summed E-state index contributed by atoms with van der Waals surface area (Å²) in [6.07, 6.45) is 0.535. The van der Waals surface area contributed by atoms with Gasteiger partial charge in [-0.05, 0) is 17.7 Å². The largest absolute Gasteiger partial charge is 0.497 e. The molecule has 0 heterocycles. The Bertz CT molecular complexity index is 572. The van der Waals surface area contributed by atoms with Crippen molar-refractivity contribution in [2.24, 2.45) is 5.16 Å². The number of rotatable bonds is 5. The van der Waals surface area contributed by atoms with Crippen molar-refractivity contribution in [3.05, 3.63) is 59.7 Å². The molecule has 0 saturated heterocycles. The third-order valence-electron chi connectivity index (χ3n) is 3.02. The van der Waals surface area contributed by atoms with Gasteiger partial charge in [-0.3, -0.25) is 0 Å². The lowest BCUT2D eigenvalue weighted by molar-refractivity contribution is 0.318. The summed E-state index contributed by atoms with van der Waals surface area (Å²) in [4.78, 5) is 0. The van der Waals surface area contributed by atoms with Crippen LogP contribution in [0.3, 0.4) is 0 Å². The van der Waals surface area contributed by atoms with Crippen LogP contribution in [0, 0.1) is 0 Å². The van der Waals surface area contributed by atoms with E-state index in [1.165, 1.54) is 0 Å². The Kier molecular flexibility index (Phi) is 4.60. The van der Waals surface area contributed by atoms with Crippen LogP contribution in [0.1, 0.15) is 11.1 Å². The molecule has 0 aliphatic carbocycles. The molecule has 4 heteroatoms. The van der Waals surface area contributed by atoms with Crippen LogP contribution in [-0.2, 0) is 6.42 Å². The highest BCUT2D eigenvalue weighted by atomic mass is 16.5. The van der Waals surface area contributed by atoms with E-state index in [1.54, 1.807) is 20.3 Å². The standard InChI is InChI=1S/C16H17NO3/c1-19-14-9-13(10-15(11-14)20-2)16(17-18)8-12-6-4-3-5-7-12/h3-7,9-11,18H,8H2,1-2H3/b17-16-. The third-order valence-corrected chi connectivity index (χ3v) is 3.02. The predicted octanol–water partition coefficient (Wildman–Crippen LogP) is 3.12. The first-order valence-electron chi connectivity index (χ1n) is 6.25. The molecule has 0 aliphatic heterocycles. The average Bonchev–Trinajstić information content (AvgIpc) is 2.53. The number of benzene rings is 2. The zero-order chi connectivity index (χ0) is 14.4. The molecule has 0 bridgehead atoms. The van der Waals surface area contributed by atoms with E-state index in [4.69, 9.17) is 9.47 Å². The molecule has 2 aromatic carbocycles. The van der Waals surface area contributed by atoms with Crippen molar-refractivity contribution in [1.29, 1.82) is 0 Å². The van der Waals surface area contributed by atoms with Crippen molar-refractivity contribution in [3.63, 3.8) is 0 Å². The fourth-order valence-corrected chi connectivity index (χ4v) is 1.96. The molecule has 0 amide bonds. The number of methoxy groups -OCH3 is 2. The van der Waals surface area contributed by atoms with Crippen LogP contribution in [0.15, 0.2) is 53.7 Å². The lowest BCUT2D eigenvalue weighted by Crippen LogP contribution is -2.06. The van der Waals surface area contributed by atoms with Gasteiger partial charge in [-0.2, -0.15) is 0 Å². The molecule has 0 atom stereocenters. The number of hydrogen-bond acceptors (Lipinski definition) is 4. The van der Waals surface area contributed by atoms with Gasteiger partial charge in [-0.15, -0.1) is 0 Å². The summed E-state index contributed by atoms with van der Waals surface area (Å²) in [5.74, 6) is 1.32. The molecule has 0 aliphatic rings. The lowest BCUT2D eigenvalue weighted by Gasteiger charge is -2.10. The Morgan fingerprint density at radius 2 is 1.60 bits per heavy atom. The predicted molar refractivity (Wildman–Crippen MR) is 78.0 cm³/mol. The minimum Gasteiger partial charge on any atom is -0.497 e. The number of oxime groups is 1. The van der Waals surface area contributed by atoms with Crippen LogP contribution < -0.4 is 9.47 Å². The fraction of sp³-hybridized carbons (Fsp3) is 0.188. The van der Waals surface area contributed by atoms with Crippen LogP contribution >= 0.6 is 0 Å². The van der Waals surface area contributed by atoms with Crippen molar-refractivity contribution >= 4 is 5.71 Å². The second kappa shape index (κ2) is 6.61. The maximum absolute atomic E-state index is 9.27. The van der Waals surface area contributed by atoms with Crippen molar-refractivity contribution < 1.29 is 14.7 Å². The van der Waals surface area contributed by atoms with Gasteiger partial charge in [0, 0.05) is 18.1 Å². The van der Waals surface area contributed by atoms with Crippen molar-refractivity contribution in [2.75, 3.05) is 14.2 Å². The molecular weight excluding hydrogens is 254 g/mol. The van der Waals surface area contributed by atoms with Crippen molar-refractivity contribution in [3.8, 4) is 11.5 Å². The maximum Gasteiger partial charge on any atom is 0.123 e. The summed E-state index contributed by atoms with van der Waals surface area (Å²) in [6.45, 7) is 0. The fourth-order valence-electron chi connectivity index (χ4n) is 1.96. The maximum atomic E-state index is 9.27. The molecule has 0 unspecified atom stereocenters. The second-order valence-electron chi connectivity index (χ2n) is 4.31. The summed E-state index contributed by atoms with van der Waals surface area (Å²) in [5.41, 5.74) is 2.41. The number of nitrogens with zero attached hydrogens (tertiary/aromatic N) is 1. The van der Waals surface area contributed by atoms with E-state index in [0.29, 0.717) is 23.6 Å². The van der Waals surface area contributed by atoms with Gasteiger partial charge in [0.1, 0.15) is 11.5 Å². The molecule has 20 heavy (non-hydrogen) atoms. The van der Waals surface area contributed by atoms with E-state index in [1.807, 2.05) is 42.5 Å². The van der Waals surface area contributed by atoms with E-state index < -0.39 is 0 Å². The average molecular weight is 271 g/mol. The first kappa shape index (κ1) is 13.9. The SMILES string of the molecule is COc1cc(OC)cc(/C(Cc2ccccc2)=N\O)c1. The van der Waals surface area contributed by atoms with Crippen LogP contribution in [0.2, 0.25) is 0 Å². The van der Waals surface area contributed by atoms with E-state index in [2.05, 4.69) is 5.16 Å². The Morgan fingerprint density at radius 1 is 1.00 bits per heavy atom. The molecule has 1 N–H and O–H groups in total. The molecule has 2 aromatic rings. The smallest absolute Gasteiger partial charge is 0.123 e. The van der Waals surface area contributed by atoms with E-state index >= 15 is 0 Å². The molecule has 104 valence electrons. The molecule has 0 fully saturated rings. The molecular formula is C16H17NO3.